The Morgan fingerprint density at radius 2 is 1.89 bits per heavy atom. The van der Waals surface area contributed by atoms with E-state index in [1.54, 1.807) is 0 Å². The van der Waals surface area contributed by atoms with Crippen molar-refractivity contribution >= 4 is 11.8 Å². The first-order chi connectivity index (χ1) is 9.16. The van der Waals surface area contributed by atoms with Crippen LogP contribution in [0.25, 0.3) is 0 Å². The van der Waals surface area contributed by atoms with Crippen LogP contribution in [0, 0.1) is 23.6 Å². The number of hydrogen-bond donors (Lipinski definition) is 0. The van der Waals surface area contributed by atoms with Gasteiger partial charge in [-0.2, -0.15) is 0 Å². The molecule has 5 heteroatoms. The van der Waals surface area contributed by atoms with Gasteiger partial charge in [-0.25, -0.2) is 4.39 Å². The number of ether oxygens (including phenoxy) is 2. The van der Waals surface area contributed by atoms with Gasteiger partial charge in [0.25, 0.3) is 0 Å². The standard InChI is InChI=1S/C14H11FO4/c15-10-3-5-11(6-4-10)18-7-1-2-8-19-14(17)12-9-13(12)16/h3-6,12H,7-9H2. The van der Waals surface area contributed by atoms with Gasteiger partial charge in [0.05, 0.1) is 0 Å². The number of carbonyl (C=O) groups is 2. The molecule has 98 valence electrons. The Bertz CT molecular complexity index is 539. The van der Waals surface area contributed by atoms with E-state index >= 15 is 0 Å². The SMILES string of the molecule is O=C1CC1C(=O)OCC#CCOc1ccc(F)cc1. The molecule has 1 aliphatic carbocycles. The summed E-state index contributed by atoms with van der Waals surface area (Å²) in [6, 6.07) is 5.57. The van der Waals surface area contributed by atoms with Gasteiger partial charge in [-0.15, -0.1) is 0 Å². The van der Waals surface area contributed by atoms with Gasteiger partial charge < -0.3 is 9.47 Å². The molecule has 2 rings (SSSR count). The highest BCUT2D eigenvalue weighted by atomic mass is 19.1. The monoisotopic (exact) mass is 262 g/mol. The smallest absolute Gasteiger partial charge is 0.317 e. The highest BCUT2D eigenvalue weighted by Crippen LogP contribution is 2.24. The number of hydrogen-bond acceptors (Lipinski definition) is 4. The van der Waals surface area contributed by atoms with Gasteiger partial charge in [0, 0.05) is 6.42 Å². The molecule has 0 bridgehead atoms. The maximum Gasteiger partial charge on any atom is 0.317 e. The molecule has 0 amide bonds. The minimum Gasteiger partial charge on any atom is -0.481 e. The number of Topliss-reactive ketones (excluding diaryl/α,β-unsaturated/α-hetero) is 1. The topological polar surface area (TPSA) is 52.6 Å². The molecule has 0 spiro atoms. The minimum absolute atomic E-state index is 0.0601. The van der Waals surface area contributed by atoms with Crippen molar-refractivity contribution in [2.75, 3.05) is 13.2 Å². The van der Waals surface area contributed by atoms with Crippen LogP contribution >= 0.6 is 0 Å². The van der Waals surface area contributed by atoms with Crippen molar-refractivity contribution in [2.24, 2.45) is 5.92 Å². The van der Waals surface area contributed by atoms with E-state index in [0.717, 1.165) is 0 Å². The predicted molar refractivity (Wildman–Crippen MR) is 63.7 cm³/mol. The summed E-state index contributed by atoms with van der Waals surface area (Å²) < 4.78 is 22.6. The predicted octanol–water partition coefficient (Wildman–Crippen LogP) is 1.34. The maximum atomic E-state index is 12.6. The molecule has 1 aliphatic rings. The summed E-state index contributed by atoms with van der Waals surface area (Å²) >= 11 is 0. The van der Waals surface area contributed by atoms with Gasteiger partial charge in [0.1, 0.15) is 29.9 Å². The average Bonchev–Trinajstić information content (AvgIpc) is 3.13. The van der Waals surface area contributed by atoms with Crippen molar-refractivity contribution < 1.29 is 23.5 Å². The van der Waals surface area contributed by atoms with Crippen LogP contribution in [0.2, 0.25) is 0 Å². The number of rotatable bonds is 4. The van der Waals surface area contributed by atoms with Crippen LogP contribution in [-0.4, -0.2) is 25.0 Å². The van der Waals surface area contributed by atoms with Gasteiger partial charge >= 0.3 is 5.97 Å². The normalized spacial score (nSPS) is 16.3. The molecule has 1 fully saturated rings. The van der Waals surface area contributed by atoms with E-state index in [1.165, 1.54) is 24.3 Å². The molecular formula is C14H11FO4. The molecule has 1 aromatic carbocycles. The molecule has 0 radical (unpaired) electrons. The quantitative estimate of drug-likeness (QED) is 0.467. The number of carbonyl (C=O) groups excluding carboxylic acids is 2. The van der Waals surface area contributed by atoms with Gasteiger partial charge in [-0.05, 0) is 24.3 Å². The summed E-state index contributed by atoms with van der Waals surface area (Å²) in [5, 5.41) is 0. The zero-order valence-electron chi connectivity index (χ0n) is 10.0. The Morgan fingerprint density at radius 3 is 2.53 bits per heavy atom. The molecular weight excluding hydrogens is 251 g/mol. The first-order valence-corrected chi connectivity index (χ1v) is 5.70. The van der Waals surface area contributed by atoms with E-state index in [2.05, 4.69) is 11.8 Å². The van der Waals surface area contributed by atoms with E-state index in [0.29, 0.717) is 5.75 Å². The van der Waals surface area contributed by atoms with Crippen molar-refractivity contribution in [1.82, 2.24) is 0 Å². The van der Waals surface area contributed by atoms with Gasteiger partial charge in [0.2, 0.25) is 0 Å². The van der Waals surface area contributed by atoms with Crippen LogP contribution in [0.1, 0.15) is 6.42 Å². The molecule has 0 heterocycles. The molecule has 4 nitrogen and oxygen atoms in total. The van der Waals surface area contributed by atoms with Crippen molar-refractivity contribution in [3.8, 4) is 17.6 Å². The van der Waals surface area contributed by atoms with Gasteiger partial charge in [-0.3, -0.25) is 9.59 Å². The Kier molecular flexibility index (Phi) is 4.14. The molecule has 1 unspecified atom stereocenters. The summed E-state index contributed by atoms with van der Waals surface area (Å²) in [7, 11) is 0. The molecule has 1 aromatic rings. The third kappa shape index (κ3) is 4.11. The highest BCUT2D eigenvalue weighted by Gasteiger charge is 2.42. The Hall–Kier alpha value is -2.35. The first-order valence-electron chi connectivity index (χ1n) is 5.70. The summed E-state index contributed by atoms with van der Waals surface area (Å²) in [4.78, 5) is 21.8. The van der Waals surface area contributed by atoms with Crippen molar-refractivity contribution in [3.63, 3.8) is 0 Å². The second-order valence-corrected chi connectivity index (χ2v) is 3.93. The Labute approximate surface area is 109 Å². The molecule has 1 saturated carbocycles. The number of halogens is 1. The molecule has 0 aliphatic heterocycles. The molecule has 0 aromatic heterocycles. The lowest BCUT2D eigenvalue weighted by Crippen LogP contribution is -2.08. The molecule has 19 heavy (non-hydrogen) atoms. The summed E-state index contributed by atoms with van der Waals surface area (Å²) in [5.74, 6) is 4.24. The second-order valence-electron chi connectivity index (χ2n) is 3.93. The average molecular weight is 262 g/mol. The Morgan fingerprint density at radius 1 is 1.26 bits per heavy atom. The van der Waals surface area contributed by atoms with Crippen LogP contribution in [0.15, 0.2) is 24.3 Å². The fourth-order valence-electron chi connectivity index (χ4n) is 1.32. The van der Waals surface area contributed by atoms with Crippen LogP contribution in [-0.2, 0) is 14.3 Å². The zero-order chi connectivity index (χ0) is 13.7. The number of benzene rings is 1. The van der Waals surface area contributed by atoms with E-state index in [4.69, 9.17) is 9.47 Å². The molecule has 0 saturated heterocycles. The molecule has 0 N–H and O–H groups in total. The lowest BCUT2D eigenvalue weighted by molar-refractivity contribution is -0.144. The van der Waals surface area contributed by atoms with Crippen LogP contribution in [0.4, 0.5) is 4.39 Å². The van der Waals surface area contributed by atoms with Crippen molar-refractivity contribution in [2.45, 2.75) is 6.42 Å². The Balaban J connectivity index is 1.63. The van der Waals surface area contributed by atoms with Gasteiger partial charge in [0.15, 0.2) is 6.61 Å². The van der Waals surface area contributed by atoms with Crippen LogP contribution in [0.5, 0.6) is 5.75 Å². The van der Waals surface area contributed by atoms with E-state index in [-0.39, 0.29) is 31.2 Å². The fourth-order valence-corrected chi connectivity index (χ4v) is 1.32. The lowest BCUT2D eigenvalue weighted by atomic mass is 10.3. The summed E-state index contributed by atoms with van der Waals surface area (Å²) in [5.41, 5.74) is 0. The minimum atomic E-state index is -0.572. The lowest BCUT2D eigenvalue weighted by Gasteiger charge is -2.00. The number of ketones is 1. The summed E-state index contributed by atoms with van der Waals surface area (Å²) in [6.07, 6.45) is 0.278. The number of esters is 1. The maximum absolute atomic E-state index is 12.6. The second kappa shape index (κ2) is 6.01. The van der Waals surface area contributed by atoms with Crippen LogP contribution < -0.4 is 4.74 Å². The van der Waals surface area contributed by atoms with Crippen molar-refractivity contribution in [3.05, 3.63) is 30.1 Å². The third-order valence-electron chi connectivity index (χ3n) is 2.45. The third-order valence-corrected chi connectivity index (χ3v) is 2.45. The zero-order valence-corrected chi connectivity index (χ0v) is 10.0. The van der Waals surface area contributed by atoms with Crippen molar-refractivity contribution in [1.29, 1.82) is 0 Å². The van der Waals surface area contributed by atoms with Gasteiger partial charge in [-0.1, -0.05) is 11.8 Å². The van der Waals surface area contributed by atoms with E-state index in [1.807, 2.05) is 0 Å². The van der Waals surface area contributed by atoms with E-state index in [9.17, 15) is 14.0 Å². The van der Waals surface area contributed by atoms with E-state index < -0.39 is 11.9 Å². The fraction of sp³-hybridized carbons (Fsp3) is 0.286. The first kappa shape index (κ1) is 13.1. The van der Waals surface area contributed by atoms with Crippen LogP contribution in [0.3, 0.4) is 0 Å². The largest absolute Gasteiger partial charge is 0.481 e. The molecule has 1 atom stereocenters. The summed E-state index contributed by atoms with van der Waals surface area (Å²) in [6.45, 7) is 0.0565. The highest BCUT2D eigenvalue weighted by molar-refractivity contribution is 6.12.